The number of aryl methyl sites for hydroxylation is 2. The van der Waals surface area contributed by atoms with Crippen molar-refractivity contribution in [2.24, 2.45) is 0 Å². The molecule has 0 aliphatic heterocycles. The maximum atomic E-state index is 11.4. The zero-order valence-corrected chi connectivity index (χ0v) is 22.1. The average molecular weight is 511 g/mol. The summed E-state index contributed by atoms with van der Waals surface area (Å²) in [6.45, 7) is 1.95. The van der Waals surface area contributed by atoms with Crippen LogP contribution in [0.25, 0.3) is 0 Å². The van der Waals surface area contributed by atoms with Crippen LogP contribution in [-0.4, -0.2) is 21.9 Å². The number of hydrogen-bond donors (Lipinski definition) is 2. The zero-order valence-electron chi connectivity index (χ0n) is 21.3. The average Bonchev–Trinajstić information content (AvgIpc) is 2.93. The lowest BCUT2D eigenvalue weighted by molar-refractivity contribution is -0.137. The van der Waals surface area contributed by atoms with E-state index >= 15 is 0 Å². The lowest BCUT2D eigenvalue weighted by Gasteiger charge is -2.37. The molecule has 0 radical (unpaired) electrons. The Hall–Kier alpha value is -3.50. The Morgan fingerprint density at radius 1 is 0.757 bits per heavy atom. The summed E-state index contributed by atoms with van der Waals surface area (Å²) in [6.07, 6.45) is 3.30. The number of aliphatic carboxylic acids is 1. The molecule has 4 aromatic rings. The first-order valence-corrected chi connectivity index (χ1v) is 13.8. The summed E-state index contributed by atoms with van der Waals surface area (Å²) in [5.74, 6) is 0.252. The van der Waals surface area contributed by atoms with E-state index in [0.29, 0.717) is 17.9 Å². The van der Waals surface area contributed by atoms with Crippen molar-refractivity contribution >= 4 is 17.7 Å². The van der Waals surface area contributed by atoms with E-state index in [4.69, 9.17) is 0 Å². The van der Waals surface area contributed by atoms with Crippen LogP contribution in [0.15, 0.2) is 103 Å². The molecule has 0 saturated heterocycles. The summed E-state index contributed by atoms with van der Waals surface area (Å²) >= 11 is 1.75. The fourth-order valence-electron chi connectivity index (χ4n) is 4.97. The summed E-state index contributed by atoms with van der Waals surface area (Å²) in [5, 5.41) is 20.6. The second-order valence-electron chi connectivity index (χ2n) is 9.36. The van der Waals surface area contributed by atoms with Crippen LogP contribution in [0.5, 0.6) is 5.75 Å². The summed E-state index contributed by atoms with van der Waals surface area (Å²) < 4.78 is -0.589. The summed E-state index contributed by atoms with van der Waals surface area (Å²) in [6, 6.07) is 35.4. The highest BCUT2D eigenvalue weighted by molar-refractivity contribution is 8.00. The molecule has 0 aromatic heterocycles. The Labute approximate surface area is 224 Å². The van der Waals surface area contributed by atoms with Crippen molar-refractivity contribution in [3.8, 4) is 5.75 Å². The minimum Gasteiger partial charge on any atom is -0.507 e. The standard InChI is InChI=1S/C33H34O3S/c1-25-22-23-30(29(32(25)36)20-11-15-26-13-5-2-6-14-26)33(27-16-7-3-8-17-27,28-18-9-4-10-19-28)37-24-12-21-31(34)35/h2-10,13-14,16-19,22-23,36H,11-12,15,20-21,24H2,1H3,(H,34,35). The van der Waals surface area contributed by atoms with Gasteiger partial charge in [0.05, 0.1) is 4.75 Å². The molecule has 0 heterocycles. The molecular weight excluding hydrogens is 476 g/mol. The van der Waals surface area contributed by atoms with Gasteiger partial charge in [0.15, 0.2) is 0 Å². The fraction of sp³-hybridized carbons (Fsp3) is 0.242. The monoisotopic (exact) mass is 510 g/mol. The second-order valence-corrected chi connectivity index (χ2v) is 10.7. The van der Waals surface area contributed by atoms with Crippen molar-refractivity contribution in [1.29, 1.82) is 0 Å². The molecule has 0 spiro atoms. The van der Waals surface area contributed by atoms with Gasteiger partial charge in [0, 0.05) is 6.42 Å². The lowest BCUT2D eigenvalue weighted by Crippen LogP contribution is -2.28. The minimum absolute atomic E-state index is 0.135. The van der Waals surface area contributed by atoms with E-state index in [2.05, 4.69) is 54.6 Å². The summed E-state index contributed by atoms with van der Waals surface area (Å²) in [4.78, 5) is 11.3. The molecular formula is C33H34O3S. The van der Waals surface area contributed by atoms with E-state index in [1.165, 1.54) is 5.56 Å². The summed E-state index contributed by atoms with van der Waals surface area (Å²) in [7, 11) is 0. The number of phenols is 1. The number of carbonyl (C=O) groups is 1. The first-order valence-electron chi connectivity index (χ1n) is 12.8. The Balaban J connectivity index is 1.83. The molecule has 4 heteroatoms. The third kappa shape index (κ3) is 6.26. The SMILES string of the molecule is Cc1ccc(C(SCCCC(=O)O)(c2ccccc2)c2ccccc2)c(CCCc2ccccc2)c1O. The molecule has 0 unspecified atom stereocenters. The number of carboxylic acid groups (broad SMARTS) is 1. The lowest BCUT2D eigenvalue weighted by atomic mass is 9.80. The summed E-state index contributed by atoms with van der Waals surface area (Å²) in [5.41, 5.74) is 6.43. The van der Waals surface area contributed by atoms with Gasteiger partial charge in [-0.1, -0.05) is 103 Å². The van der Waals surface area contributed by atoms with E-state index in [9.17, 15) is 15.0 Å². The van der Waals surface area contributed by atoms with Crippen molar-refractivity contribution < 1.29 is 15.0 Å². The van der Waals surface area contributed by atoms with Crippen LogP contribution in [-0.2, 0) is 22.4 Å². The van der Waals surface area contributed by atoms with Gasteiger partial charge in [-0.2, -0.15) is 0 Å². The zero-order chi connectivity index (χ0) is 26.1. The van der Waals surface area contributed by atoms with Crippen molar-refractivity contribution in [2.75, 3.05) is 5.75 Å². The molecule has 3 nitrogen and oxygen atoms in total. The highest BCUT2D eigenvalue weighted by Gasteiger charge is 2.39. The number of phenolic OH excluding ortho intramolecular Hbond substituents is 1. The molecule has 4 rings (SSSR count). The number of rotatable bonds is 12. The van der Waals surface area contributed by atoms with Gasteiger partial charge >= 0.3 is 5.97 Å². The minimum atomic E-state index is -0.778. The molecule has 4 aromatic carbocycles. The molecule has 0 fully saturated rings. The number of thioether (sulfide) groups is 1. The van der Waals surface area contributed by atoms with Crippen LogP contribution >= 0.6 is 11.8 Å². The topological polar surface area (TPSA) is 57.5 Å². The van der Waals surface area contributed by atoms with Crippen LogP contribution in [0.2, 0.25) is 0 Å². The van der Waals surface area contributed by atoms with E-state index in [0.717, 1.165) is 47.1 Å². The van der Waals surface area contributed by atoms with E-state index < -0.39 is 10.7 Å². The predicted molar refractivity (Wildman–Crippen MR) is 153 cm³/mol. The van der Waals surface area contributed by atoms with Gasteiger partial charge in [-0.25, -0.2) is 0 Å². The largest absolute Gasteiger partial charge is 0.507 e. The van der Waals surface area contributed by atoms with Crippen molar-refractivity contribution in [3.05, 3.63) is 137 Å². The molecule has 0 aliphatic rings. The van der Waals surface area contributed by atoms with Gasteiger partial charge in [-0.05, 0) is 71.7 Å². The first-order chi connectivity index (χ1) is 18.0. The third-order valence-corrected chi connectivity index (χ3v) is 8.43. The second kappa shape index (κ2) is 12.6. The van der Waals surface area contributed by atoms with Gasteiger partial charge in [-0.15, -0.1) is 11.8 Å². The predicted octanol–water partition coefficient (Wildman–Crippen LogP) is 7.77. The first kappa shape index (κ1) is 26.6. The van der Waals surface area contributed by atoms with Crippen LogP contribution in [0.1, 0.15) is 52.6 Å². The van der Waals surface area contributed by atoms with Crippen LogP contribution in [0, 0.1) is 6.92 Å². The number of benzene rings is 4. The van der Waals surface area contributed by atoms with E-state index in [-0.39, 0.29) is 6.42 Å². The Bertz CT molecular complexity index is 1250. The van der Waals surface area contributed by atoms with Gasteiger partial charge in [0.1, 0.15) is 5.75 Å². The molecule has 0 atom stereocenters. The number of carboxylic acids is 1. The van der Waals surface area contributed by atoms with Crippen LogP contribution in [0.3, 0.4) is 0 Å². The van der Waals surface area contributed by atoms with Gasteiger partial charge in [0.2, 0.25) is 0 Å². The van der Waals surface area contributed by atoms with Gasteiger partial charge < -0.3 is 10.2 Å². The molecule has 190 valence electrons. The van der Waals surface area contributed by atoms with E-state index in [1.807, 2.05) is 55.5 Å². The van der Waals surface area contributed by atoms with Crippen molar-refractivity contribution in [1.82, 2.24) is 0 Å². The molecule has 2 N–H and O–H groups in total. The fourth-order valence-corrected chi connectivity index (χ4v) is 6.51. The Morgan fingerprint density at radius 3 is 1.89 bits per heavy atom. The number of hydrogen-bond acceptors (Lipinski definition) is 3. The number of aromatic hydroxyl groups is 1. The third-order valence-electron chi connectivity index (χ3n) is 6.81. The van der Waals surface area contributed by atoms with Crippen LogP contribution < -0.4 is 0 Å². The maximum absolute atomic E-state index is 11.4. The molecule has 37 heavy (non-hydrogen) atoms. The van der Waals surface area contributed by atoms with Crippen molar-refractivity contribution in [3.63, 3.8) is 0 Å². The van der Waals surface area contributed by atoms with Gasteiger partial charge in [0.25, 0.3) is 0 Å². The molecule has 0 aliphatic carbocycles. The van der Waals surface area contributed by atoms with Gasteiger partial charge in [-0.3, -0.25) is 4.79 Å². The molecule has 0 amide bonds. The van der Waals surface area contributed by atoms with Crippen molar-refractivity contribution in [2.45, 2.75) is 43.8 Å². The highest BCUT2D eigenvalue weighted by atomic mass is 32.2. The normalized spacial score (nSPS) is 11.4. The Kier molecular flexibility index (Phi) is 9.08. The van der Waals surface area contributed by atoms with Crippen LogP contribution in [0.4, 0.5) is 0 Å². The highest BCUT2D eigenvalue weighted by Crippen LogP contribution is 2.51. The molecule has 0 saturated carbocycles. The quantitative estimate of drug-likeness (QED) is 0.151. The molecule has 0 bridgehead atoms. The maximum Gasteiger partial charge on any atom is 0.303 e. The Morgan fingerprint density at radius 2 is 1.32 bits per heavy atom. The smallest absolute Gasteiger partial charge is 0.303 e. The van der Waals surface area contributed by atoms with E-state index in [1.54, 1.807) is 11.8 Å².